The molecule has 0 aromatic heterocycles. The number of benzene rings is 2. The minimum Gasteiger partial charge on any atom is -0.484 e. The Morgan fingerprint density at radius 1 is 1.12 bits per heavy atom. The number of nitrogens with one attached hydrogen (secondary N) is 1. The lowest BCUT2D eigenvalue weighted by Crippen LogP contribution is -2.45. The van der Waals surface area contributed by atoms with Crippen molar-refractivity contribution in [1.82, 2.24) is 4.90 Å². The number of carbonyl (C=O) groups excluding carboxylic acids is 2. The molecule has 0 saturated carbocycles. The Morgan fingerprint density at radius 2 is 1.85 bits per heavy atom. The largest absolute Gasteiger partial charge is 0.484 e. The van der Waals surface area contributed by atoms with Crippen LogP contribution in [0, 0.1) is 11.7 Å². The van der Waals surface area contributed by atoms with Gasteiger partial charge in [-0.25, -0.2) is 4.39 Å². The van der Waals surface area contributed by atoms with E-state index in [9.17, 15) is 14.0 Å². The van der Waals surface area contributed by atoms with Gasteiger partial charge in [-0.3, -0.25) is 9.59 Å². The van der Waals surface area contributed by atoms with Crippen LogP contribution in [0.1, 0.15) is 12.8 Å². The third-order valence-electron chi connectivity index (χ3n) is 4.36. The van der Waals surface area contributed by atoms with Crippen LogP contribution in [-0.4, -0.2) is 36.4 Å². The van der Waals surface area contributed by atoms with Gasteiger partial charge in [0.25, 0.3) is 5.91 Å². The molecule has 1 fully saturated rings. The second-order valence-electron chi connectivity index (χ2n) is 6.28. The van der Waals surface area contributed by atoms with Crippen molar-refractivity contribution in [2.24, 2.45) is 5.92 Å². The first-order valence-electron chi connectivity index (χ1n) is 8.64. The van der Waals surface area contributed by atoms with Gasteiger partial charge in [0.05, 0.1) is 5.92 Å². The molecule has 1 aliphatic rings. The van der Waals surface area contributed by atoms with Crippen molar-refractivity contribution >= 4 is 17.5 Å². The summed E-state index contributed by atoms with van der Waals surface area (Å²) in [5.41, 5.74) is 0.751. The predicted octanol–water partition coefficient (Wildman–Crippen LogP) is 3.08. The number of hydrogen-bond acceptors (Lipinski definition) is 3. The average molecular weight is 356 g/mol. The van der Waals surface area contributed by atoms with Gasteiger partial charge in [-0.05, 0) is 49.2 Å². The lowest BCUT2D eigenvalue weighted by atomic mass is 9.97. The van der Waals surface area contributed by atoms with Crippen molar-refractivity contribution in [2.75, 3.05) is 25.0 Å². The molecule has 6 heteroatoms. The molecule has 1 saturated heterocycles. The maximum atomic E-state index is 12.9. The van der Waals surface area contributed by atoms with Crippen LogP contribution in [0.15, 0.2) is 54.6 Å². The van der Waals surface area contributed by atoms with Gasteiger partial charge >= 0.3 is 0 Å². The Hall–Kier alpha value is -2.89. The summed E-state index contributed by atoms with van der Waals surface area (Å²) in [6.07, 6.45) is 1.52. The first kappa shape index (κ1) is 17.9. The molecule has 2 aromatic rings. The van der Waals surface area contributed by atoms with Gasteiger partial charge in [-0.1, -0.05) is 18.2 Å². The number of amides is 2. The highest BCUT2D eigenvalue weighted by molar-refractivity contribution is 5.93. The second-order valence-corrected chi connectivity index (χ2v) is 6.28. The smallest absolute Gasteiger partial charge is 0.260 e. The van der Waals surface area contributed by atoms with Crippen LogP contribution in [0.25, 0.3) is 0 Å². The summed E-state index contributed by atoms with van der Waals surface area (Å²) in [5.74, 6) is -0.402. The second kappa shape index (κ2) is 8.47. The van der Waals surface area contributed by atoms with E-state index in [0.29, 0.717) is 18.8 Å². The van der Waals surface area contributed by atoms with Crippen molar-refractivity contribution in [3.8, 4) is 5.75 Å². The summed E-state index contributed by atoms with van der Waals surface area (Å²) >= 11 is 0. The third kappa shape index (κ3) is 4.81. The number of rotatable bonds is 5. The van der Waals surface area contributed by atoms with Crippen molar-refractivity contribution in [2.45, 2.75) is 12.8 Å². The molecule has 1 heterocycles. The SMILES string of the molecule is O=C(Nc1ccccc1)[C@@H]1CCCN(C(=O)COc2ccc(F)cc2)C1. The van der Waals surface area contributed by atoms with Gasteiger partial charge in [0.2, 0.25) is 5.91 Å². The fourth-order valence-corrected chi connectivity index (χ4v) is 2.95. The molecule has 0 bridgehead atoms. The summed E-state index contributed by atoms with van der Waals surface area (Å²) in [4.78, 5) is 26.4. The van der Waals surface area contributed by atoms with E-state index in [0.717, 1.165) is 18.5 Å². The molecule has 0 spiro atoms. The Bertz CT molecular complexity index is 749. The molecule has 2 aromatic carbocycles. The maximum absolute atomic E-state index is 12.9. The molecule has 0 radical (unpaired) electrons. The zero-order valence-electron chi connectivity index (χ0n) is 14.4. The summed E-state index contributed by atoms with van der Waals surface area (Å²) in [6.45, 7) is 0.865. The molecule has 1 aliphatic heterocycles. The number of carbonyl (C=O) groups is 2. The maximum Gasteiger partial charge on any atom is 0.260 e. The zero-order valence-corrected chi connectivity index (χ0v) is 14.4. The van der Waals surface area contributed by atoms with Gasteiger partial charge in [0.15, 0.2) is 6.61 Å². The highest BCUT2D eigenvalue weighted by atomic mass is 19.1. The lowest BCUT2D eigenvalue weighted by molar-refractivity contribution is -0.136. The molecule has 136 valence electrons. The van der Waals surface area contributed by atoms with E-state index < -0.39 is 0 Å². The molecule has 1 atom stereocenters. The van der Waals surface area contributed by atoms with E-state index in [1.54, 1.807) is 4.90 Å². The molecule has 0 aliphatic carbocycles. The average Bonchev–Trinajstić information content (AvgIpc) is 2.68. The van der Waals surface area contributed by atoms with Crippen LogP contribution in [0.4, 0.5) is 10.1 Å². The Labute approximate surface area is 151 Å². The molecule has 5 nitrogen and oxygen atoms in total. The first-order chi connectivity index (χ1) is 12.6. The van der Waals surface area contributed by atoms with Gasteiger partial charge < -0.3 is 15.0 Å². The third-order valence-corrected chi connectivity index (χ3v) is 4.36. The summed E-state index contributed by atoms with van der Waals surface area (Å²) < 4.78 is 18.3. The number of ether oxygens (including phenoxy) is 1. The van der Waals surface area contributed by atoms with Crippen molar-refractivity contribution in [1.29, 1.82) is 0 Å². The quantitative estimate of drug-likeness (QED) is 0.896. The monoisotopic (exact) mass is 356 g/mol. The van der Waals surface area contributed by atoms with Gasteiger partial charge in [0, 0.05) is 18.8 Å². The minimum absolute atomic E-state index is 0.0758. The van der Waals surface area contributed by atoms with Crippen LogP contribution >= 0.6 is 0 Å². The first-order valence-corrected chi connectivity index (χ1v) is 8.64. The summed E-state index contributed by atoms with van der Waals surface area (Å²) in [6, 6.07) is 14.8. The van der Waals surface area contributed by atoms with E-state index in [1.165, 1.54) is 24.3 Å². The van der Waals surface area contributed by atoms with E-state index in [2.05, 4.69) is 5.32 Å². The number of likely N-dealkylation sites (tertiary alicyclic amines) is 1. The number of anilines is 1. The molecule has 0 unspecified atom stereocenters. The summed E-state index contributed by atoms with van der Waals surface area (Å²) in [7, 11) is 0. The van der Waals surface area contributed by atoms with E-state index in [1.807, 2.05) is 30.3 Å². The molecule has 26 heavy (non-hydrogen) atoms. The molecular formula is C20H21FN2O3. The number of para-hydroxylation sites is 1. The zero-order chi connectivity index (χ0) is 18.4. The van der Waals surface area contributed by atoms with E-state index in [-0.39, 0.29) is 30.2 Å². The standard InChI is InChI=1S/C20H21FN2O3/c21-16-8-10-18(11-9-16)26-14-19(24)23-12-4-5-15(13-23)20(25)22-17-6-2-1-3-7-17/h1-3,6-11,15H,4-5,12-14H2,(H,22,25)/t15-/m1/s1. The molecular weight excluding hydrogens is 335 g/mol. The minimum atomic E-state index is -0.355. The predicted molar refractivity (Wildman–Crippen MR) is 96.3 cm³/mol. The normalized spacial score (nSPS) is 16.8. The van der Waals surface area contributed by atoms with Crippen molar-refractivity contribution in [3.63, 3.8) is 0 Å². The van der Waals surface area contributed by atoms with E-state index in [4.69, 9.17) is 4.74 Å². The Kier molecular flexibility index (Phi) is 5.84. The van der Waals surface area contributed by atoms with E-state index >= 15 is 0 Å². The van der Waals surface area contributed by atoms with Crippen molar-refractivity contribution in [3.05, 3.63) is 60.4 Å². The highest BCUT2D eigenvalue weighted by Gasteiger charge is 2.28. The van der Waals surface area contributed by atoms with Crippen LogP contribution in [-0.2, 0) is 9.59 Å². The Balaban J connectivity index is 1.51. The van der Waals surface area contributed by atoms with Crippen LogP contribution < -0.4 is 10.1 Å². The van der Waals surface area contributed by atoms with Gasteiger partial charge in [-0.2, -0.15) is 0 Å². The topological polar surface area (TPSA) is 58.6 Å². The fraction of sp³-hybridized carbons (Fsp3) is 0.300. The summed E-state index contributed by atoms with van der Waals surface area (Å²) in [5, 5.41) is 2.89. The number of nitrogens with zero attached hydrogens (tertiary/aromatic N) is 1. The molecule has 3 rings (SSSR count). The fourth-order valence-electron chi connectivity index (χ4n) is 2.95. The highest BCUT2D eigenvalue weighted by Crippen LogP contribution is 2.19. The van der Waals surface area contributed by atoms with Crippen molar-refractivity contribution < 1.29 is 18.7 Å². The lowest BCUT2D eigenvalue weighted by Gasteiger charge is -2.32. The van der Waals surface area contributed by atoms with Gasteiger partial charge in [-0.15, -0.1) is 0 Å². The van der Waals surface area contributed by atoms with Crippen LogP contribution in [0.5, 0.6) is 5.75 Å². The van der Waals surface area contributed by atoms with Crippen LogP contribution in [0.2, 0.25) is 0 Å². The number of piperidine rings is 1. The molecule has 1 N–H and O–H groups in total. The van der Waals surface area contributed by atoms with Crippen LogP contribution in [0.3, 0.4) is 0 Å². The number of hydrogen-bond donors (Lipinski definition) is 1. The Morgan fingerprint density at radius 3 is 2.58 bits per heavy atom. The molecule has 2 amide bonds. The number of halogens is 1. The van der Waals surface area contributed by atoms with Gasteiger partial charge in [0.1, 0.15) is 11.6 Å².